The molecular formula is C17H20BrIN4OS. The van der Waals surface area contributed by atoms with Crippen LogP contribution in [-0.2, 0) is 11.3 Å². The van der Waals surface area contributed by atoms with Crippen LogP contribution in [0, 0.1) is 0 Å². The maximum Gasteiger partial charge on any atom is 0.225 e. The number of carbonyl (C=O) groups excluding carboxylic acids is 1. The molecule has 2 aromatic rings. The molecule has 1 atom stereocenters. The van der Waals surface area contributed by atoms with E-state index in [0.29, 0.717) is 13.0 Å². The van der Waals surface area contributed by atoms with Crippen molar-refractivity contribution in [2.45, 2.75) is 18.9 Å². The summed E-state index contributed by atoms with van der Waals surface area (Å²) >= 11 is 5.15. The fourth-order valence-corrected chi connectivity index (χ4v) is 4.13. The van der Waals surface area contributed by atoms with Crippen molar-refractivity contribution in [3.63, 3.8) is 0 Å². The number of thiophene rings is 1. The van der Waals surface area contributed by atoms with Crippen LogP contribution in [0.3, 0.4) is 0 Å². The predicted octanol–water partition coefficient (Wildman–Crippen LogP) is 3.92. The molecule has 5 nitrogen and oxygen atoms in total. The van der Waals surface area contributed by atoms with Crippen LogP contribution >= 0.6 is 51.2 Å². The largest absolute Gasteiger partial charge is 0.356 e. The molecule has 2 heterocycles. The number of amides is 1. The van der Waals surface area contributed by atoms with Gasteiger partial charge >= 0.3 is 0 Å². The number of para-hydroxylation sites is 1. The molecule has 1 aromatic carbocycles. The molecule has 1 aromatic heterocycles. The van der Waals surface area contributed by atoms with E-state index < -0.39 is 0 Å². The standard InChI is InChI=1S/C17H19BrN4OS.HI/c1-19-17(21-9-13-7-12(18)10-24-13)20-8-11-6-16(23)22-15-5-3-2-4-14(11)15;/h2-5,7,10-11H,6,8-9H2,1H3,(H,22,23)(H2,19,20,21);1H. The van der Waals surface area contributed by atoms with Gasteiger partial charge in [0, 0.05) is 46.3 Å². The van der Waals surface area contributed by atoms with Gasteiger partial charge in [-0.05, 0) is 33.6 Å². The first-order valence-corrected chi connectivity index (χ1v) is 9.39. The maximum atomic E-state index is 11.9. The SMILES string of the molecule is CN=C(NCc1cc(Br)cs1)NCC1CC(=O)Nc2ccccc21.I. The van der Waals surface area contributed by atoms with Crippen molar-refractivity contribution in [2.24, 2.45) is 4.99 Å². The van der Waals surface area contributed by atoms with Crippen molar-refractivity contribution < 1.29 is 4.79 Å². The van der Waals surface area contributed by atoms with E-state index in [1.807, 2.05) is 18.2 Å². The second kappa shape index (κ2) is 9.54. The smallest absolute Gasteiger partial charge is 0.225 e. The number of hydrogen-bond acceptors (Lipinski definition) is 3. The molecule has 1 unspecified atom stereocenters. The molecule has 3 rings (SSSR count). The van der Waals surface area contributed by atoms with Crippen LogP contribution in [0.4, 0.5) is 5.69 Å². The number of rotatable bonds is 4. The molecule has 1 aliphatic heterocycles. The monoisotopic (exact) mass is 534 g/mol. The summed E-state index contributed by atoms with van der Waals surface area (Å²) in [5.41, 5.74) is 2.08. The first-order chi connectivity index (χ1) is 11.7. The Bertz CT molecular complexity index is 765. The summed E-state index contributed by atoms with van der Waals surface area (Å²) in [6.07, 6.45) is 0.485. The lowest BCUT2D eigenvalue weighted by Gasteiger charge is -2.26. The summed E-state index contributed by atoms with van der Waals surface area (Å²) < 4.78 is 1.09. The summed E-state index contributed by atoms with van der Waals surface area (Å²) in [6.45, 7) is 1.38. The van der Waals surface area contributed by atoms with Gasteiger partial charge in [-0.1, -0.05) is 18.2 Å². The topological polar surface area (TPSA) is 65.5 Å². The third-order valence-electron chi connectivity index (χ3n) is 3.90. The lowest BCUT2D eigenvalue weighted by molar-refractivity contribution is -0.116. The number of hydrogen-bond donors (Lipinski definition) is 3. The second-order valence-corrected chi connectivity index (χ2v) is 7.49. The van der Waals surface area contributed by atoms with E-state index in [1.54, 1.807) is 18.4 Å². The van der Waals surface area contributed by atoms with E-state index in [0.717, 1.165) is 22.7 Å². The van der Waals surface area contributed by atoms with E-state index in [-0.39, 0.29) is 35.8 Å². The van der Waals surface area contributed by atoms with Crippen LogP contribution < -0.4 is 16.0 Å². The zero-order valence-corrected chi connectivity index (χ0v) is 18.4. The van der Waals surface area contributed by atoms with Gasteiger partial charge in [-0.25, -0.2) is 0 Å². The van der Waals surface area contributed by atoms with Gasteiger partial charge in [0.25, 0.3) is 0 Å². The molecule has 1 aliphatic rings. The van der Waals surface area contributed by atoms with Gasteiger partial charge in [-0.2, -0.15) is 0 Å². The molecule has 134 valence electrons. The fourth-order valence-electron chi connectivity index (χ4n) is 2.74. The summed E-state index contributed by atoms with van der Waals surface area (Å²) in [4.78, 5) is 17.4. The van der Waals surface area contributed by atoms with Crippen molar-refractivity contribution in [3.8, 4) is 0 Å². The molecule has 0 saturated heterocycles. The maximum absolute atomic E-state index is 11.9. The number of halogens is 2. The second-order valence-electron chi connectivity index (χ2n) is 5.57. The lowest BCUT2D eigenvalue weighted by atomic mass is 9.90. The minimum atomic E-state index is 0. The average molecular weight is 535 g/mol. The van der Waals surface area contributed by atoms with E-state index >= 15 is 0 Å². The minimum absolute atomic E-state index is 0. The Morgan fingerprint density at radius 3 is 2.92 bits per heavy atom. The molecule has 8 heteroatoms. The van der Waals surface area contributed by atoms with Crippen LogP contribution in [0.15, 0.2) is 45.2 Å². The van der Waals surface area contributed by atoms with Crippen LogP contribution in [-0.4, -0.2) is 25.5 Å². The van der Waals surface area contributed by atoms with Gasteiger partial charge in [0.2, 0.25) is 5.91 Å². The minimum Gasteiger partial charge on any atom is -0.356 e. The molecule has 0 radical (unpaired) electrons. The third kappa shape index (κ3) is 5.42. The Morgan fingerprint density at radius 1 is 1.40 bits per heavy atom. The average Bonchev–Trinajstić information content (AvgIpc) is 3.00. The van der Waals surface area contributed by atoms with Crippen LogP contribution in [0.5, 0.6) is 0 Å². The van der Waals surface area contributed by atoms with E-state index in [9.17, 15) is 4.79 Å². The summed E-state index contributed by atoms with van der Waals surface area (Å²) in [5.74, 6) is 0.944. The van der Waals surface area contributed by atoms with Gasteiger partial charge in [0.15, 0.2) is 5.96 Å². The quantitative estimate of drug-likeness (QED) is 0.316. The summed E-state index contributed by atoms with van der Waals surface area (Å²) in [5, 5.41) is 11.6. The van der Waals surface area contributed by atoms with Gasteiger partial charge in [0.05, 0.1) is 6.54 Å². The summed E-state index contributed by atoms with van der Waals surface area (Å²) in [6, 6.07) is 10.0. The van der Waals surface area contributed by atoms with Crippen LogP contribution in [0.1, 0.15) is 22.8 Å². The number of carbonyl (C=O) groups is 1. The van der Waals surface area contributed by atoms with Gasteiger partial charge in [-0.15, -0.1) is 35.3 Å². The van der Waals surface area contributed by atoms with Gasteiger partial charge in [0.1, 0.15) is 0 Å². The fraction of sp³-hybridized carbons (Fsp3) is 0.294. The highest BCUT2D eigenvalue weighted by atomic mass is 127. The molecule has 3 N–H and O–H groups in total. The number of nitrogens with zero attached hydrogens (tertiary/aromatic N) is 1. The Morgan fingerprint density at radius 2 is 2.20 bits per heavy atom. The number of anilines is 1. The zero-order valence-electron chi connectivity index (χ0n) is 13.7. The van der Waals surface area contributed by atoms with Crippen molar-refractivity contribution in [2.75, 3.05) is 18.9 Å². The summed E-state index contributed by atoms with van der Waals surface area (Å²) in [7, 11) is 1.75. The lowest BCUT2D eigenvalue weighted by Crippen LogP contribution is -2.40. The van der Waals surface area contributed by atoms with Crippen LogP contribution in [0.2, 0.25) is 0 Å². The first kappa shape index (κ1) is 20.2. The van der Waals surface area contributed by atoms with Gasteiger partial charge in [-0.3, -0.25) is 9.79 Å². The van der Waals surface area contributed by atoms with Crippen molar-refractivity contribution in [1.82, 2.24) is 10.6 Å². The Balaban J connectivity index is 0.00000225. The van der Waals surface area contributed by atoms with Crippen molar-refractivity contribution in [1.29, 1.82) is 0 Å². The highest BCUT2D eigenvalue weighted by Gasteiger charge is 2.24. The highest BCUT2D eigenvalue weighted by Crippen LogP contribution is 2.31. The number of guanidine groups is 1. The Hall–Kier alpha value is -1.13. The highest BCUT2D eigenvalue weighted by molar-refractivity contribution is 14.0. The molecule has 0 spiro atoms. The van der Waals surface area contributed by atoms with Crippen molar-refractivity contribution >= 4 is 68.8 Å². The van der Waals surface area contributed by atoms with E-state index in [4.69, 9.17) is 0 Å². The number of benzene rings is 1. The third-order valence-corrected chi connectivity index (χ3v) is 5.60. The zero-order chi connectivity index (χ0) is 16.9. The molecule has 0 aliphatic carbocycles. The Labute approximate surface area is 176 Å². The number of nitrogens with one attached hydrogen (secondary N) is 3. The molecule has 0 bridgehead atoms. The number of aliphatic imine (C=N–C) groups is 1. The molecule has 0 saturated carbocycles. The molecule has 0 fully saturated rings. The number of fused-ring (bicyclic) bond motifs is 1. The van der Waals surface area contributed by atoms with Gasteiger partial charge < -0.3 is 16.0 Å². The molecule has 25 heavy (non-hydrogen) atoms. The molecule has 1 amide bonds. The predicted molar refractivity (Wildman–Crippen MR) is 118 cm³/mol. The Kier molecular flexibility index (Phi) is 7.70. The van der Waals surface area contributed by atoms with E-state index in [2.05, 4.69) is 54.4 Å². The van der Waals surface area contributed by atoms with E-state index in [1.165, 1.54) is 10.4 Å². The van der Waals surface area contributed by atoms with Crippen LogP contribution in [0.25, 0.3) is 0 Å². The molecular weight excluding hydrogens is 515 g/mol. The first-order valence-electron chi connectivity index (χ1n) is 7.72. The van der Waals surface area contributed by atoms with Crippen molar-refractivity contribution in [3.05, 3.63) is 50.6 Å². The normalized spacial score (nSPS) is 16.5.